The van der Waals surface area contributed by atoms with Gasteiger partial charge in [-0.2, -0.15) is 0 Å². The number of Topliss-reactive ketones (excluding diaryl/α,β-unsaturated/α-hetero) is 1. The van der Waals surface area contributed by atoms with E-state index in [1.807, 2.05) is 18.2 Å². The molecule has 1 aliphatic carbocycles. The summed E-state index contributed by atoms with van der Waals surface area (Å²) in [5.74, 6) is -2.53. The van der Waals surface area contributed by atoms with Crippen LogP contribution in [0.1, 0.15) is 22.8 Å². The molecule has 5 nitrogen and oxygen atoms in total. The van der Waals surface area contributed by atoms with Crippen LogP contribution in [0, 0.1) is 11.8 Å². The molecule has 0 saturated heterocycles. The highest BCUT2D eigenvalue weighted by molar-refractivity contribution is 6.20. The fraction of sp³-hybridized carbons (Fsp3) is 0.250. The molecule has 25 heavy (non-hydrogen) atoms. The summed E-state index contributed by atoms with van der Waals surface area (Å²) in [6.45, 7) is 1.92. The maximum Gasteiger partial charge on any atom is 0.311 e. The number of benzene rings is 2. The van der Waals surface area contributed by atoms with Crippen LogP contribution in [0.2, 0.25) is 0 Å². The second-order valence-corrected chi connectivity index (χ2v) is 6.31. The first-order valence-corrected chi connectivity index (χ1v) is 8.29. The van der Waals surface area contributed by atoms with Gasteiger partial charge in [0.05, 0.1) is 18.4 Å². The van der Waals surface area contributed by atoms with E-state index in [-0.39, 0.29) is 18.3 Å². The summed E-state index contributed by atoms with van der Waals surface area (Å²) in [5.41, 5.74) is 0.698. The first-order chi connectivity index (χ1) is 12.1. The van der Waals surface area contributed by atoms with Crippen molar-refractivity contribution in [2.24, 2.45) is 11.8 Å². The number of ether oxygens (including phenoxy) is 1. The van der Waals surface area contributed by atoms with Gasteiger partial charge in [0.15, 0.2) is 5.78 Å². The SMILES string of the molecule is CCOC(=O)[C@@H]1[C@@H](C(=O)c2ccccc2)C12C(=O)Nc1ccccc12. The van der Waals surface area contributed by atoms with Gasteiger partial charge in [0.25, 0.3) is 0 Å². The molecule has 1 unspecified atom stereocenters. The van der Waals surface area contributed by atoms with Crippen LogP contribution in [0.25, 0.3) is 0 Å². The van der Waals surface area contributed by atoms with Gasteiger partial charge in [-0.15, -0.1) is 0 Å². The minimum atomic E-state index is -1.16. The number of esters is 1. The number of rotatable bonds is 4. The average Bonchev–Trinajstić information content (AvgIpc) is 3.25. The number of anilines is 1. The predicted octanol–water partition coefficient (Wildman–Crippen LogP) is 2.57. The van der Waals surface area contributed by atoms with Gasteiger partial charge in [-0.3, -0.25) is 14.4 Å². The molecule has 4 rings (SSSR count). The van der Waals surface area contributed by atoms with Gasteiger partial charge >= 0.3 is 5.97 Å². The smallest absolute Gasteiger partial charge is 0.311 e. The largest absolute Gasteiger partial charge is 0.466 e. The van der Waals surface area contributed by atoms with Crippen molar-refractivity contribution in [1.29, 1.82) is 0 Å². The van der Waals surface area contributed by atoms with E-state index in [1.54, 1.807) is 43.3 Å². The summed E-state index contributed by atoms with van der Waals surface area (Å²) in [5, 5.41) is 2.81. The highest BCUT2D eigenvalue weighted by Gasteiger charge is 2.79. The number of fused-ring (bicyclic) bond motifs is 2. The maximum atomic E-state index is 13.1. The van der Waals surface area contributed by atoms with Gasteiger partial charge in [-0.1, -0.05) is 48.5 Å². The van der Waals surface area contributed by atoms with E-state index in [0.717, 1.165) is 0 Å². The minimum absolute atomic E-state index is 0.203. The number of nitrogens with one attached hydrogen (secondary N) is 1. The van der Waals surface area contributed by atoms with Gasteiger partial charge in [-0.25, -0.2) is 0 Å². The summed E-state index contributed by atoms with van der Waals surface area (Å²) in [6.07, 6.45) is 0. The number of ketones is 1. The molecule has 0 aromatic heterocycles. The van der Waals surface area contributed by atoms with Crippen LogP contribution in [0.15, 0.2) is 54.6 Å². The predicted molar refractivity (Wildman–Crippen MR) is 91.1 cm³/mol. The van der Waals surface area contributed by atoms with E-state index < -0.39 is 23.2 Å². The van der Waals surface area contributed by atoms with Gasteiger partial charge in [0, 0.05) is 11.3 Å². The average molecular weight is 335 g/mol. The highest BCUT2D eigenvalue weighted by Crippen LogP contribution is 2.65. The number of carbonyl (C=O) groups excluding carboxylic acids is 3. The van der Waals surface area contributed by atoms with Crippen LogP contribution >= 0.6 is 0 Å². The third-order valence-corrected chi connectivity index (χ3v) is 5.08. The Morgan fingerprint density at radius 1 is 1.04 bits per heavy atom. The van der Waals surface area contributed by atoms with E-state index >= 15 is 0 Å². The summed E-state index contributed by atoms with van der Waals surface area (Å²) in [6, 6.07) is 16.0. The van der Waals surface area contributed by atoms with E-state index in [0.29, 0.717) is 16.8 Å². The molecule has 126 valence electrons. The maximum absolute atomic E-state index is 13.1. The normalized spacial score (nSPS) is 26.0. The van der Waals surface area contributed by atoms with Crippen LogP contribution in [0.5, 0.6) is 0 Å². The first kappa shape index (κ1) is 15.6. The third-order valence-electron chi connectivity index (χ3n) is 5.08. The van der Waals surface area contributed by atoms with Crippen molar-refractivity contribution in [2.75, 3.05) is 11.9 Å². The van der Waals surface area contributed by atoms with Crippen molar-refractivity contribution >= 4 is 23.3 Å². The van der Waals surface area contributed by atoms with Gasteiger partial charge in [0.1, 0.15) is 5.41 Å². The molecular formula is C20H17NO4. The van der Waals surface area contributed by atoms with Crippen molar-refractivity contribution < 1.29 is 19.1 Å². The van der Waals surface area contributed by atoms with Gasteiger partial charge < -0.3 is 10.1 Å². The fourth-order valence-corrected chi connectivity index (χ4v) is 4.00. The van der Waals surface area contributed by atoms with Crippen molar-refractivity contribution in [2.45, 2.75) is 12.3 Å². The molecule has 0 bridgehead atoms. The molecule has 1 amide bonds. The molecule has 2 aromatic rings. The Labute approximate surface area is 145 Å². The Kier molecular flexibility index (Phi) is 3.46. The Balaban J connectivity index is 1.81. The first-order valence-electron chi connectivity index (χ1n) is 8.29. The minimum Gasteiger partial charge on any atom is -0.466 e. The Morgan fingerprint density at radius 2 is 1.72 bits per heavy atom. The second-order valence-electron chi connectivity index (χ2n) is 6.31. The summed E-state index contributed by atoms with van der Waals surface area (Å²) < 4.78 is 5.16. The summed E-state index contributed by atoms with van der Waals surface area (Å²) in [7, 11) is 0. The lowest BCUT2D eigenvalue weighted by molar-refractivity contribution is -0.146. The number of para-hydroxylation sites is 1. The summed E-state index contributed by atoms with van der Waals surface area (Å²) >= 11 is 0. The van der Waals surface area contributed by atoms with Crippen LogP contribution in [0.3, 0.4) is 0 Å². The fourth-order valence-electron chi connectivity index (χ4n) is 4.00. The zero-order chi connectivity index (χ0) is 17.6. The lowest BCUT2D eigenvalue weighted by Gasteiger charge is -2.08. The van der Waals surface area contributed by atoms with Crippen LogP contribution < -0.4 is 5.32 Å². The summed E-state index contributed by atoms with van der Waals surface area (Å²) in [4.78, 5) is 38.4. The molecule has 0 radical (unpaired) electrons. The number of carbonyl (C=O) groups is 3. The molecule has 1 spiro atoms. The molecule has 3 atom stereocenters. The molecule has 1 heterocycles. The number of hydrogen-bond donors (Lipinski definition) is 1. The molecule has 1 aliphatic heterocycles. The molecule has 1 N–H and O–H groups in total. The molecule has 1 fully saturated rings. The van der Waals surface area contributed by atoms with Crippen molar-refractivity contribution in [1.82, 2.24) is 0 Å². The number of amides is 1. The Morgan fingerprint density at radius 3 is 2.44 bits per heavy atom. The van der Waals surface area contributed by atoms with Gasteiger partial charge in [0.2, 0.25) is 5.91 Å². The molecule has 2 aromatic carbocycles. The standard InChI is InChI=1S/C20H17NO4/c1-2-25-18(23)16-15(17(22)12-8-4-3-5-9-12)20(16)13-10-6-7-11-14(13)21-19(20)24/h3-11,15-16H,2H2,1H3,(H,21,24)/t15-,16-,20?/m0/s1. The van der Waals surface area contributed by atoms with Crippen LogP contribution in [-0.2, 0) is 19.7 Å². The topological polar surface area (TPSA) is 72.5 Å². The monoisotopic (exact) mass is 335 g/mol. The second kappa shape index (κ2) is 5.55. The van der Waals surface area contributed by atoms with Crippen LogP contribution in [-0.4, -0.2) is 24.3 Å². The van der Waals surface area contributed by atoms with Crippen molar-refractivity contribution in [3.05, 3.63) is 65.7 Å². The zero-order valence-corrected chi connectivity index (χ0v) is 13.7. The van der Waals surface area contributed by atoms with Crippen molar-refractivity contribution in [3.8, 4) is 0 Å². The zero-order valence-electron chi connectivity index (χ0n) is 13.7. The third kappa shape index (κ3) is 2.05. The Hall–Kier alpha value is -2.95. The lowest BCUT2D eigenvalue weighted by atomic mass is 9.91. The number of hydrogen-bond acceptors (Lipinski definition) is 4. The molecule has 5 heteroatoms. The van der Waals surface area contributed by atoms with E-state index in [4.69, 9.17) is 4.74 Å². The molecule has 1 saturated carbocycles. The molecular weight excluding hydrogens is 318 g/mol. The van der Waals surface area contributed by atoms with Crippen molar-refractivity contribution in [3.63, 3.8) is 0 Å². The Bertz CT molecular complexity index is 876. The van der Waals surface area contributed by atoms with E-state index in [1.165, 1.54) is 0 Å². The van der Waals surface area contributed by atoms with E-state index in [9.17, 15) is 14.4 Å². The molecule has 2 aliphatic rings. The van der Waals surface area contributed by atoms with Crippen LogP contribution in [0.4, 0.5) is 5.69 Å². The van der Waals surface area contributed by atoms with E-state index in [2.05, 4.69) is 5.32 Å². The quantitative estimate of drug-likeness (QED) is 0.688. The lowest BCUT2D eigenvalue weighted by Crippen LogP contribution is -2.26. The highest BCUT2D eigenvalue weighted by atomic mass is 16.5. The van der Waals surface area contributed by atoms with Gasteiger partial charge in [-0.05, 0) is 18.6 Å².